The molecule has 0 aromatic heterocycles. The fourth-order valence-electron chi connectivity index (χ4n) is 0.944. The summed E-state index contributed by atoms with van der Waals surface area (Å²) in [6.45, 7) is 0. The van der Waals surface area contributed by atoms with E-state index in [1.165, 1.54) is 0 Å². The summed E-state index contributed by atoms with van der Waals surface area (Å²) in [6, 6.07) is 3.01. The van der Waals surface area contributed by atoms with E-state index in [-0.39, 0.29) is 11.3 Å². The number of halogens is 1. The summed E-state index contributed by atoms with van der Waals surface area (Å²) in [5, 5.41) is 17.4. The van der Waals surface area contributed by atoms with Gasteiger partial charge >= 0.3 is 5.97 Å². The topological polar surface area (TPSA) is 74.6 Å². The van der Waals surface area contributed by atoms with E-state index in [0.717, 1.165) is 18.2 Å². The average molecular weight is 198 g/mol. The second-order valence-electron chi connectivity index (χ2n) is 2.68. The van der Waals surface area contributed by atoms with Crippen molar-refractivity contribution in [3.05, 3.63) is 29.6 Å². The van der Waals surface area contributed by atoms with E-state index in [4.69, 9.17) is 10.2 Å². The van der Waals surface area contributed by atoms with Crippen molar-refractivity contribution in [2.24, 2.45) is 0 Å². The summed E-state index contributed by atoms with van der Waals surface area (Å²) in [4.78, 5) is 20.9. The van der Waals surface area contributed by atoms with Gasteiger partial charge in [0.25, 0.3) is 0 Å². The lowest BCUT2D eigenvalue weighted by molar-refractivity contribution is -0.148. The monoisotopic (exact) mass is 198 g/mol. The van der Waals surface area contributed by atoms with Gasteiger partial charge in [0.2, 0.25) is 5.78 Å². The molecule has 0 aliphatic heterocycles. The Morgan fingerprint density at radius 3 is 2.57 bits per heavy atom. The second kappa shape index (κ2) is 3.87. The number of hydrogen-bond donors (Lipinski definition) is 2. The molecule has 1 rings (SSSR count). The van der Waals surface area contributed by atoms with Gasteiger partial charge in [0, 0.05) is 12.0 Å². The first kappa shape index (κ1) is 10.2. The van der Waals surface area contributed by atoms with E-state index < -0.39 is 24.0 Å². The Balaban J connectivity index is 2.91. The van der Waals surface area contributed by atoms with Crippen LogP contribution in [0.5, 0.6) is 5.75 Å². The molecule has 0 saturated carbocycles. The zero-order chi connectivity index (χ0) is 10.7. The van der Waals surface area contributed by atoms with Gasteiger partial charge in [-0.2, -0.15) is 0 Å². The predicted octanol–water partition coefficient (Wildman–Crippen LogP) is 0.728. The quantitative estimate of drug-likeness (QED) is 0.702. The minimum Gasteiger partial charge on any atom is -0.508 e. The Hall–Kier alpha value is -1.91. The van der Waals surface area contributed by atoms with Gasteiger partial charge in [-0.3, -0.25) is 4.79 Å². The van der Waals surface area contributed by atoms with Crippen LogP contribution >= 0.6 is 0 Å². The van der Waals surface area contributed by atoms with Crippen LogP contribution in [-0.4, -0.2) is 22.0 Å². The SMILES string of the molecule is O=C(O)C(=O)Cc1cc(F)ccc1O. The molecule has 0 fully saturated rings. The van der Waals surface area contributed by atoms with Crippen LogP contribution in [0.1, 0.15) is 5.56 Å². The maximum atomic E-state index is 12.6. The van der Waals surface area contributed by atoms with Crippen LogP contribution < -0.4 is 0 Å². The van der Waals surface area contributed by atoms with E-state index in [0.29, 0.717) is 0 Å². The molecule has 0 heterocycles. The third kappa shape index (κ3) is 2.29. The van der Waals surface area contributed by atoms with Crippen LogP contribution in [0.3, 0.4) is 0 Å². The number of carbonyl (C=O) groups is 2. The van der Waals surface area contributed by atoms with Crippen LogP contribution in [0.15, 0.2) is 18.2 Å². The molecule has 0 atom stereocenters. The minimum atomic E-state index is -1.60. The molecule has 1 aromatic carbocycles. The Labute approximate surface area is 78.6 Å². The lowest BCUT2D eigenvalue weighted by atomic mass is 10.1. The Morgan fingerprint density at radius 2 is 2.00 bits per heavy atom. The largest absolute Gasteiger partial charge is 0.508 e. The number of benzene rings is 1. The number of carbonyl (C=O) groups excluding carboxylic acids is 1. The van der Waals surface area contributed by atoms with E-state index in [9.17, 15) is 14.0 Å². The number of rotatable bonds is 3. The fourth-order valence-corrected chi connectivity index (χ4v) is 0.944. The molecule has 14 heavy (non-hydrogen) atoms. The van der Waals surface area contributed by atoms with Gasteiger partial charge in [0.15, 0.2) is 0 Å². The maximum Gasteiger partial charge on any atom is 0.372 e. The van der Waals surface area contributed by atoms with E-state index in [1.54, 1.807) is 0 Å². The highest BCUT2D eigenvalue weighted by atomic mass is 19.1. The number of carboxylic acids is 1. The van der Waals surface area contributed by atoms with Crippen molar-refractivity contribution in [3.8, 4) is 5.75 Å². The van der Waals surface area contributed by atoms with Gasteiger partial charge in [0.1, 0.15) is 11.6 Å². The second-order valence-corrected chi connectivity index (χ2v) is 2.68. The molecule has 0 radical (unpaired) electrons. The van der Waals surface area contributed by atoms with E-state index in [2.05, 4.69) is 0 Å². The molecule has 0 aliphatic carbocycles. The zero-order valence-corrected chi connectivity index (χ0v) is 7.03. The molecule has 0 unspecified atom stereocenters. The maximum absolute atomic E-state index is 12.6. The minimum absolute atomic E-state index is 0.0302. The summed E-state index contributed by atoms with van der Waals surface area (Å²) in [7, 11) is 0. The fraction of sp³-hybridized carbons (Fsp3) is 0.111. The van der Waals surface area contributed by atoms with Crippen molar-refractivity contribution in [3.63, 3.8) is 0 Å². The summed E-state index contributed by atoms with van der Waals surface area (Å²) >= 11 is 0. The molecule has 4 nitrogen and oxygen atoms in total. The van der Waals surface area contributed by atoms with Crippen molar-refractivity contribution >= 4 is 11.8 Å². The van der Waals surface area contributed by atoms with Gasteiger partial charge in [-0.1, -0.05) is 0 Å². The Morgan fingerprint density at radius 1 is 1.36 bits per heavy atom. The van der Waals surface area contributed by atoms with Crippen LogP contribution in [0.4, 0.5) is 4.39 Å². The van der Waals surface area contributed by atoms with E-state index in [1.807, 2.05) is 0 Å². The highest BCUT2D eigenvalue weighted by Crippen LogP contribution is 2.18. The van der Waals surface area contributed by atoms with Crippen molar-refractivity contribution < 1.29 is 24.2 Å². The number of hydrogen-bond acceptors (Lipinski definition) is 3. The molecule has 0 spiro atoms. The predicted molar refractivity (Wildman–Crippen MR) is 44.4 cm³/mol. The summed E-state index contributed by atoms with van der Waals surface area (Å²) < 4.78 is 12.6. The van der Waals surface area contributed by atoms with Gasteiger partial charge in [0.05, 0.1) is 0 Å². The lowest BCUT2D eigenvalue weighted by Gasteiger charge is -2.01. The first-order valence-electron chi connectivity index (χ1n) is 3.74. The van der Waals surface area contributed by atoms with Crippen molar-refractivity contribution in [2.75, 3.05) is 0 Å². The van der Waals surface area contributed by atoms with Gasteiger partial charge in [-0.05, 0) is 18.2 Å². The van der Waals surface area contributed by atoms with Crippen LogP contribution in [-0.2, 0) is 16.0 Å². The molecule has 1 aromatic rings. The molecule has 0 bridgehead atoms. The van der Waals surface area contributed by atoms with Crippen LogP contribution in [0.25, 0.3) is 0 Å². The third-order valence-electron chi connectivity index (χ3n) is 1.63. The molecule has 2 N–H and O–H groups in total. The van der Waals surface area contributed by atoms with E-state index >= 15 is 0 Å². The molecular formula is C9H7FO4. The molecule has 0 amide bonds. The molecule has 74 valence electrons. The third-order valence-corrected chi connectivity index (χ3v) is 1.63. The normalized spacial score (nSPS) is 9.79. The van der Waals surface area contributed by atoms with Crippen molar-refractivity contribution in [1.82, 2.24) is 0 Å². The number of ketones is 1. The van der Waals surface area contributed by atoms with Crippen molar-refractivity contribution in [1.29, 1.82) is 0 Å². The Kier molecular flexibility index (Phi) is 2.81. The Bertz CT molecular complexity index is 386. The number of aliphatic carboxylic acids is 1. The first-order valence-corrected chi connectivity index (χ1v) is 3.74. The summed E-state index contributed by atoms with van der Waals surface area (Å²) in [5.41, 5.74) is -0.0302. The average Bonchev–Trinajstić information content (AvgIpc) is 2.11. The summed E-state index contributed by atoms with van der Waals surface area (Å²) in [5.74, 6) is -3.61. The number of Topliss-reactive ketones (excluding diaryl/α,β-unsaturated/α-hetero) is 1. The molecule has 0 saturated heterocycles. The van der Waals surface area contributed by atoms with Crippen molar-refractivity contribution in [2.45, 2.75) is 6.42 Å². The van der Waals surface area contributed by atoms with Crippen LogP contribution in [0, 0.1) is 5.82 Å². The number of phenols is 1. The smallest absolute Gasteiger partial charge is 0.372 e. The highest BCUT2D eigenvalue weighted by Gasteiger charge is 2.14. The first-order chi connectivity index (χ1) is 6.50. The van der Waals surface area contributed by atoms with Gasteiger partial charge in [-0.25, -0.2) is 9.18 Å². The molecular weight excluding hydrogens is 191 g/mol. The number of phenolic OH excluding ortho intramolecular Hbond substituents is 1. The van der Waals surface area contributed by atoms with Gasteiger partial charge in [-0.15, -0.1) is 0 Å². The standard InChI is InChI=1S/C9H7FO4/c10-6-1-2-7(11)5(3-6)4-8(12)9(13)14/h1-3,11H,4H2,(H,13,14). The lowest BCUT2D eigenvalue weighted by Crippen LogP contribution is -2.15. The number of carboxylic acid groups (broad SMARTS) is 1. The molecule has 5 heteroatoms. The van der Waals surface area contributed by atoms with Gasteiger partial charge < -0.3 is 10.2 Å². The highest BCUT2D eigenvalue weighted by molar-refractivity contribution is 6.33. The zero-order valence-electron chi connectivity index (χ0n) is 7.03. The molecule has 0 aliphatic rings. The number of aromatic hydroxyl groups is 1. The van der Waals surface area contributed by atoms with Crippen LogP contribution in [0.2, 0.25) is 0 Å². The summed E-state index contributed by atoms with van der Waals surface area (Å²) in [6.07, 6.45) is -0.515.